The number of hydrogen-bond donors (Lipinski definition) is 1. The van der Waals surface area contributed by atoms with Gasteiger partial charge in [0, 0.05) is 17.4 Å². The van der Waals surface area contributed by atoms with Crippen LogP contribution in [0, 0.1) is 20.8 Å². The maximum atomic E-state index is 12.6. The monoisotopic (exact) mass is 463 g/mol. The zero-order valence-corrected chi connectivity index (χ0v) is 19.7. The summed E-state index contributed by atoms with van der Waals surface area (Å²) in [6.07, 6.45) is 0.851. The number of nitrogens with one attached hydrogen (secondary N) is 1. The molecule has 0 aliphatic rings. The molecular formula is C24H25N5O3S. The van der Waals surface area contributed by atoms with E-state index in [0.29, 0.717) is 29.0 Å². The van der Waals surface area contributed by atoms with E-state index in [2.05, 4.69) is 19.8 Å². The molecule has 9 heteroatoms. The fourth-order valence-electron chi connectivity index (χ4n) is 3.38. The van der Waals surface area contributed by atoms with Gasteiger partial charge in [0.15, 0.2) is 5.82 Å². The Morgan fingerprint density at radius 3 is 2.24 bits per heavy atom. The van der Waals surface area contributed by atoms with Gasteiger partial charge in [-0.05, 0) is 75.2 Å². The molecule has 0 amide bonds. The Bertz CT molecular complexity index is 1380. The Kier molecular flexibility index (Phi) is 6.15. The summed E-state index contributed by atoms with van der Waals surface area (Å²) < 4.78 is 35.5. The summed E-state index contributed by atoms with van der Waals surface area (Å²) in [5.41, 5.74) is 3.36. The summed E-state index contributed by atoms with van der Waals surface area (Å²) in [6.45, 7) is 7.68. The van der Waals surface area contributed by atoms with Crippen molar-refractivity contribution in [3.8, 4) is 17.4 Å². The zero-order valence-electron chi connectivity index (χ0n) is 18.9. The first-order valence-electron chi connectivity index (χ1n) is 10.5. The molecule has 0 saturated carbocycles. The van der Waals surface area contributed by atoms with Gasteiger partial charge in [-0.15, -0.1) is 0 Å². The highest BCUT2D eigenvalue weighted by molar-refractivity contribution is 7.92. The third kappa shape index (κ3) is 5.20. The highest BCUT2D eigenvalue weighted by Gasteiger charge is 2.14. The van der Waals surface area contributed by atoms with Gasteiger partial charge in [-0.3, -0.25) is 4.72 Å². The van der Waals surface area contributed by atoms with Crippen LogP contribution in [0.4, 0.5) is 5.69 Å². The molecule has 4 aromatic rings. The van der Waals surface area contributed by atoms with E-state index in [0.717, 1.165) is 23.4 Å². The first-order chi connectivity index (χ1) is 15.7. The zero-order chi connectivity index (χ0) is 23.6. The minimum atomic E-state index is -3.68. The number of hydrogen-bond acceptors (Lipinski definition) is 6. The molecule has 0 saturated heterocycles. The van der Waals surface area contributed by atoms with Crippen molar-refractivity contribution >= 4 is 15.7 Å². The molecule has 2 heterocycles. The molecule has 0 aliphatic carbocycles. The molecule has 0 unspecified atom stereocenters. The van der Waals surface area contributed by atoms with Crippen molar-refractivity contribution in [3.63, 3.8) is 0 Å². The van der Waals surface area contributed by atoms with Crippen molar-refractivity contribution in [2.45, 2.75) is 39.0 Å². The molecule has 170 valence electrons. The van der Waals surface area contributed by atoms with Crippen LogP contribution in [-0.4, -0.2) is 28.2 Å². The molecule has 0 spiro atoms. The Morgan fingerprint density at radius 2 is 1.64 bits per heavy atom. The minimum Gasteiger partial charge on any atom is -0.439 e. The number of sulfonamides is 1. The van der Waals surface area contributed by atoms with Crippen molar-refractivity contribution in [2.24, 2.45) is 0 Å². The average molecular weight is 464 g/mol. The summed E-state index contributed by atoms with van der Waals surface area (Å²) in [7, 11) is -3.68. The number of aromatic nitrogens is 4. The van der Waals surface area contributed by atoms with E-state index in [1.165, 1.54) is 0 Å². The number of anilines is 1. The molecule has 4 rings (SSSR count). The molecule has 2 aromatic heterocycles. The summed E-state index contributed by atoms with van der Waals surface area (Å²) in [6, 6.07) is 17.2. The van der Waals surface area contributed by atoms with Gasteiger partial charge in [0.25, 0.3) is 10.0 Å². The summed E-state index contributed by atoms with van der Waals surface area (Å²) in [5, 5.41) is 4.46. The third-order valence-electron chi connectivity index (χ3n) is 5.00. The highest BCUT2D eigenvalue weighted by Crippen LogP contribution is 2.25. The molecular weight excluding hydrogens is 438 g/mol. The van der Waals surface area contributed by atoms with Gasteiger partial charge in [-0.2, -0.15) is 10.1 Å². The number of rotatable bonds is 7. The molecule has 0 bridgehead atoms. The lowest BCUT2D eigenvalue weighted by Gasteiger charge is -2.11. The summed E-state index contributed by atoms with van der Waals surface area (Å²) >= 11 is 0. The lowest BCUT2D eigenvalue weighted by atomic mass is 10.2. The molecule has 33 heavy (non-hydrogen) atoms. The van der Waals surface area contributed by atoms with Crippen LogP contribution in [-0.2, 0) is 16.4 Å². The number of aryl methyl sites for hydroxylation is 4. The smallest absolute Gasteiger partial charge is 0.261 e. The van der Waals surface area contributed by atoms with Crippen molar-refractivity contribution in [2.75, 3.05) is 4.72 Å². The van der Waals surface area contributed by atoms with Crippen LogP contribution in [0.5, 0.6) is 11.6 Å². The maximum Gasteiger partial charge on any atom is 0.261 e. The van der Waals surface area contributed by atoms with E-state index in [4.69, 9.17) is 4.74 Å². The average Bonchev–Trinajstić information content (AvgIpc) is 3.12. The second kappa shape index (κ2) is 9.03. The molecule has 0 radical (unpaired) electrons. The maximum absolute atomic E-state index is 12.6. The Balaban J connectivity index is 1.50. The van der Waals surface area contributed by atoms with Crippen LogP contribution >= 0.6 is 0 Å². The number of benzene rings is 2. The van der Waals surface area contributed by atoms with Gasteiger partial charge in [-0.25, -0.2) is 18.1 Å². The van der Waals surface area contributed by atoms with E-state index < -0.39 is 10.0 Å². The molecule has 2 aromatic carbocycles. The van der Waals surface area contributed by atoms with Gasteiger partial charge < -0.3 is 4.74 Å². The Morgan fingerprint density at radius 1 is 0.939 bits per heavy atom. The standard InChI is InChI=1S/C24H25N5O3S/c1-5-19-6-12-22(13-7-19)33(30,31)28-20-8-10-21(11-9-20)32-24-15-23(25-18(4)26-24)29-17(3)14-16(2)27-29/h6-15,28H,5H2,1-4H3. The fourth-order valence-corrected chi connectivity index (χ4v) is 4.44. The Labute approximate surface area is 193 Å². The van der Waals surface area contributed by atoms with Crippen LogP contribution in [0.15, 0.2) is 65.6 Å². The Hall–Kier alpha value is -3.72. The second-order valence-corrected chi connectivity index (χ2v) is 9.36. The minimum absolute atomic E-state index is 0.216. The topological polar surface area (TPSA) is 99.0 Å². The molecule has 8 nitrogen and oxygen atoms in total. The summed E-state index contributed by atoms with van der Waals surface area (Å²) in [4.78, 5) is 9.00. The predicted octanol–water partition coefficient (Wildman–Crippen LogP) is 4.74. The normalized spacial score (nSPS) is 11.4. The SMILES string of the molecule is CCc1ccc(S(=O)(=O)Nc2ccc(Oc3cc(-n4nc(C)cc4C)nc(C)n3)cc2)cc1. The van der Waals surface area contributed by atoms with E-state index >= 15 is 0 Å². The second-order valence-electron chi connectivity index (χ2n) is 7.68. The van der Waals surface area contributed by atoms with Crippen LogP contribution in [0.25, 0.3) is 5.82 Å². The largest absolute Gasteiger partial charge is 0.439 e. The lowest BCUT2D eigenvalue weighted by Crippen LogP contribution is -2.12. The van der Waals surface area contributed by atoms with E-state index in [1.807, 2.05) is 39.0 Å². The number of ether oxygens (including phenoxy) is 1. The predicted molar refractivity (Wildman–Crippen MR) is 127 cm³/mol. The van der Waals surface area contributed by atoms with E-state index in [1.54, 1.807) is 54.1 Å². The van der Waals surface area contributed by atoms with Gasteiger partial charge in [-0.1, -0.05) is 19.1 Å². The molecule has 1 N–H and O–H groups in total. The van der Waals surface area contributed by atoms with Crippen LogP contribution in [0.3, 0.4) is 0 Å². The molecule has 0 aliphatic heterocycles. The fraction of sp³-hybridized carbons (Fsp3) is 0.208. The van der Waals surface area contributed by atoms with Crippen molar-refractivity contribution < 1.29 is 13.2 Å². The quantitative estimate of drug-likeness (QED) is 0.425. The van der Waals surface area contributed by atoms with E-state index in [-0.39, 0.29) is 4.90 Å². The van der Waals surface area contributed by atoms with Gasteiger partial charge in [0.1, 0.15) is 11.6 Å². The highest BCUT2D eigenvalue weighted by atomic mass is 32.2. The van der Waals surface area contributed by atoms with Crippen molar-refractivity contribution in [1.29, 1.82) is 0 Å². The van der Waals surface area contributed by atoms with E-state index in [9.17, 15) is 8.42 Å². The first kappa shape index (κ1) is 22.5. The van der Waals surface area contributed by atoms with Crippen LogP contribution < -0.4 is 9.46 Å². The number of nitrogens with zero attached hydrogens (tertiary/aromatic N) is 4. The van der Waals surface area contributed by atoms with Gasteiger partial charge in [0.2, 0.25) is 5.88 Å². The van der Waals surface area contributed by atoms with Crippen molar-refractivity contribution in [1.82, 2.24) is 19.7 Å². The molecule has 0 fully saturated rings. The third-order valence-corrected chi connectivity index (χ3v) is 6.40. The lowest BCUT2D eigenvalue weighted by molar-refractivity contribution is 0.459. The summed E-state index contributed by atoms with van der Waals surface area (Å²) in [5.74, 6) is 2.05. The molecule has 0 atom stereocenters. The van der Waals surface area contributed by atoms with Gasteiger partial charge >= 0.3 is 0 Å². The van der Waals surface area contributed by atoms with Crippen LogP contribution in [0.2, 0.25) is 0 Å². The first-order valence-corrected chi connectivity index (χ1v) is 12.0. The van der Waals surface area contributed by atoms with Crippen molar-refractivity contribution in [3.05, 3.63) is 83.4 Å². The van der Waals surface area contributed by atoms with Gasteiger partial charge in [0.05, 0.1) is 10.6 Å². The van der Waals surface area contributed by atoms with Crippen LogP contribution in [0.1, 0.15) is 29.7 Å².